The van der Waals surface area contributed by atoms with Crippen molar-refractivity contribution < 1.29 is 22.8 Å². The Hall–Kier alpha value is 2.01. The zero-order valence-electron chi connectivity index (χ0n) is 30.3. The van der Waals surface area contributed by atoms with Gasteiger partial charge >= 0.3 is 50.5 Å². The van der Waals surface area contributed by atoms with Crippen molar-refractivity contribution in [3.05, 3.63) is 0 Å². The molecule has 0 aromatic carbocycles. The summed E-state index contributed by atoms with van der Waals surface area (Å²) in [6, 6.07) is 0. The Morgan fingerprint density at radius 2 is 1.08 bits per heavy atom. The van der Waals surface area contributed by atoms with E-state index in [9.17, 15) is 4.79 Å². The van der Waals surface area contributed by atoms with E-state index in [1.165, 1.54) is 85.5 Å². The molecule has 50 heavy (non-hydrogen) atoms. The second-order valence-electron chi connectivity index (χ2n) is 13.3. The molecule has 14 nitrogen and oxygen atoms in total. The number of halogens is 5. The third-order valence-corrected chi connectivity index (χ3v) is 12.0. The van der Waals surface area contributed by atoms with Gasteiger partial charge in [0, 0.05) is 148 Å². The molecule has 0 amide bonds. The number of nitrogens with two attached hydrogens (primary N) is 2. The molecule has 0 radical (unpaired) electrons. The predicted molar refractivity (Wildman–Crippen MR) is 226 cm³/mol. The average molecular weight is 1180 g/mol. The van der Waals surface area contributed by atoms with Crippen LogP contribution in [0.5, 0.6) is 0 Å². The summed E-state index contributed by atoms with van der Waals surface area (Å²) in [5, 5.41) is 15.6. The van der Waals surface area contributed by atoms with Gasteiger partial charge in [0.15, 0.2) is 12.1 Å². The number of piperazine rings is 4. The number of nitrogens with zero attached hydrogens (tertiary/aromatic N) is 6. The maximum Gasteiger partial charge on any atom is 0.00772 e. The molecule has 7 rings (SSSR count). The summed E-state index contributed by atoms with van der Waals surface area (Å²) in [7, 11) is 0. The van der Waals surface area contributed by atoms with Crippen LogP contribution in [0.3, 0.4) is 0 Å². The van der Waals surface area contributed by atoms with Gasteiger partial charge in [-0.25, -0.2) is 0 Å². The smallest absolute Gasteiger partial charge is 0.00772 e. The molecule has 7 aliphatic rings. The van der Waals surface area contributed by atoms with Crippen molar-refractivity contribution >= 4 is 81.2 Å². The van der Waals surface area contributed by atoms with Gasteiger partial charge in [0.2, 0.25) is 0 Å². The van der Waals surface area contributed by atoms with E-state index >= 15 is 0 Å². The third-order valence-electron chi connectivity index (χ3n) is 10.1. The van der Waals surface area contributed by atoms with Gasteiger partial charge in [-0.05, 0) is 13.8 Å². The van der Waals surface area contributed by atoms with Crippen LogP contribution in [-0.4, -0.2) is 207 Å². The SMILES string of the molecule is BrCCBr.CC(=O)C=O.CC12C3N4CCN3CCN1CCN2CC4.CC12NCCN3CCN(CCN1)C32.I[I-]I.NCCNCCNCCN. The number of rotatable bonds is 9. The molecule has 0 spiro atoms. The molecule has 7 heterocycles. The molecule has 8 N–H and O–H groups in total. The zero-order chi connectivity index (χ0) is 37.0. The van der Waals surface area contributed by atoms with Crippen molar-refractivity contribution in [2.45, 2.75) is 44.4 Å². The Bertz CT molecular complexity index is 903. The van der Waals surface area contributed by atoms with Crippen LogP contribution in [0.4, 0.5) is 0 Å². The van der Waals surface area contributed by atoms with Gasteiger partial charge in [-0.3, -0.25) is 49.6 Å². The maximum absolute atomic E-state index is 9.44. The fourth-order valence-electron chi connectivity index (χ4n) is 8.01. The first-order valence-corrected chi connectivity index (χ1v) is 32.7. The molecule has 0 saturated carbocycles. The van der Waals surface area contributed by atoms with Crippen LogP contribution in [0.25, 0.3) is 0 Å². The molecule has 0 unspecified atom stereocenters. The monoisotopic (exact) mass is 1180 g/mol. The number of aldehydes is 1. The standard InChI is InChI=1S/C11H20N4.C9H18N4.C6H18N4.C3H4O2.C2H4Br2.I3/c1-11-10-12-2-3-13(10)5-7-15(11)9-8-14(11)6-4-12;1-9-8-12(4-2-10-9)6-7-13(8)5-3-11-9;7-1-3-9-5-6-10-4-2-8;1-3(5)2-4;3-1-2-4;1-3-2/h10H,2-9H2,1H3;8,10-11H,2-7H2,1H3;9-10H,1-8H2;2H,1H3;1-2H2;/q;;;;;-1. The van der Waals surface area contributed by atoms with Crippen molar-refractivity contribution in [2.75, 3.05) is 142 Å². The van der Waals surface area contributed by atoms with Gasteiger partial charge in [0.05, 0.1) is 18.0 Å². The van der Waals surface area contributed by atoms with Gasteiger partial charge in [-0.15, -0.1) is 0 Å². The zero-order valence-corrected chi connectivity index (χ0v) is 40.0. The summed E-state index contributed by atoms with van der Waals surface area (Å²) < 4.78 is 0. The van der Waals surface area contributed by atoms with E-state index in [1.807, 2.05) is 0 Å². The molecule has 0 atom stereocenters. The van der Waals surface area contributed by atoms with E-state index in [0.29, 0.717) is 44.3 Å². The molecule has 7 fully saturated rings. The summed E-state index contributed by atoms with van der Waals surface area (Å²) in [4.78, 5) is 34.6. The Morgan fingerprint density at radius 3 is 1.42 bits per heavy atom. The Balaban J connectivity index is 0.000000228. The van der Waals surface area contributed by atoms with Gasteiger partial charge in [0.1, 0.15) is 5.66 Å². The van der Waals surface area contributed by atoms with Crippen LogP contribution in [0.15, 0.2) is 0 Å². The molecule has 7 saturated heterocycles. The largest absolute Gasteiger partial charge is 0.329 e. The number of ketones is 1. The number of nitrogens with one attached hydrogen (secondary N) is 4. The van der Waals surface area contributed by atoms with E-state index in [-0.39, 0.29) is 11.9 Å². The molecule has 7 aliphatic heterocycles. The normalized spacial score (nSPS) is 30.0. The fraction of sp³-hybridized carbons (Fsp3) is 0.935. The van der Waals surface area contributed by atoms with Crippen LogP contribution >= 0.6 is 69.1 Å². The number of Topliss-reactive ketones (excluding diaryl/α,β-unsaturated/α-hetero) is 1. The number of carbonyl (C=O) groups is 2. The molecular formula is C31H64Br2I3N12O2-. The summed E-state index contributed by atoms with van der Waals surface area (Å²) in [6.45, 7) is 28.5. The number of hydrogen-bond donors (Lipinski definition) is 6. The van der Waals surface area contributed by atoms with Crippen molar-refractivity contribution in [3.8, 4) is 0 Å². The van der Waals surface area contributed by atoms with Crippen LogP contribution < -0.4 is 46.0 Å². The summed E-state index contributed by atoms with van der Waals surface area (Å²) >= 11 is 11.7. The second kappa shape index (κ2) is 26.8. The first-order chi connectivity index (χ1) is 24.1. The van der Waals surface area contributed by atoms with Crippen LogP contribution in [-0.2, 0) is 9.59 Å². The first kappa shape index (κ1) is 48.2. The number of hydrogen-bond acceptors (Lipinski definition) is 14. The van der Waals surface area contributed by atoms with Gasteiger partial charge in [0.25, 0.3) is 0 Å². The van der Waals surface area contributed by atoms with Gasteiger partial charge < -0.3 is 22.1 Å². The minimum Gasteiger partial charge on any atom is -0.329 e. The summed E-state index contributed by atoms with van der Waals surface area (Å²) in [5.74, 6) is -0.426. The van der Waals surface area contributed by atoms with E-state index < -0.39 is 5.78 Å². The quantitative estimate of drug-likeness (QED) is 0.0447. The fourth-order valence-corrected chi connectivity index (χ4v) is 8.01. The van der Waals surface area contributed by atoms with Crippen molar-refractivity contribution in [1.29, 1.82) is 0 Å². The molecule has 296 valence electrons. The van der Waals surface area contributed by atoms with Crippen LogP contribution in [0.2, 0.25) is 0 Å². The predicted octanol–water partition coefficient (Wildman–Crippen LogP) is -3.45. The van der Waals surface area contributed by atoms with Gasteiger partial charge in [-0.2, -0.15) is 0 Å². The minimum absolute atomic E-state index is 0.132. The minimum atomic E-state index is -0.426. The van der Waals surface area contributed by atoms with Crippen LogP contribution in [0.1, 0.15) is 20.8 Å². The molecule has 19 heteroatoms. The summed E-state index contributed by atoms with van der Waals surface area (Å²) in [5.41, 5.74) is 11.0. The van der Waals surface area contributed by atoms with Crippen molar-refractivity contribution in [1.82, 2.24) is 50.7 Å². The van der Waals surface area contributed by atoms with E-state index in [4.69, 9.17) is 16.3 Å². The molecular weight excluding hydrogens is 1110 g/mol. The summed E-state index contributed by atoms with van der Waals surface area (Å²) in [6.07, 6.45) is 1.55. The molecule has 0 aliphatic carbocycles. The number of carbonyl (C=O) groups excluding carboxylic acids is 2. The second-order valence-corrected chi connectivity index (χ2v) is 31.1. The first-order valence-electron chi connectivity index (χ1n) is 17.8. The van der Waals surface area contributed by atoms with E-state index in [0.717, 1.165) is 49.9 Å². The topological polar surface area (TPSA) is 154 Å². The third kappa shape index (κ3) is 14.5. The Labute approximate surface area is 348 Å². The van der Waals surface area contributed by atoms with Gasteiger partial charge in [-0.1, -0.05) is 31.9 Å². The van der Waals surface area contributed by atoms with Crippen LogP contribution in [0, 0.1) is 0 Å². The molecule has 0 aromatic rings. The van der Waals surface area contributed by atoms with Crippen molar-refractivity contribution in [2.24, 2.45) is 11.5 Å². The Kier molecular flexibility index (Phi) is 25.8. The van der Waals surface area contributed by atoms with Crippen molar-refractivity contribution in [3.63, 3.8) is 0 Å². The molecule has 0 bridgehead atoms. The molecule has 0 aromatic heterocycles. The average Bonchev–Trinajstić information content (AvgIpc) is 3.83. The van der Waals surface area contributed by atoms with E-state index in [2.05, 4.69) is 134 Å². The maximum atomic E-state index is 9.44. The Morgan fingerprint density at radius 1 is 0.740 bits per heavy atom. The van der Waals surface area contributed by atoms with E-state index in [1.54, 1.807) is 0 Å². The number of alkyl halides is 2.